The maximum atomic E-state index is 13.2. The lowest BCUT2D eigenvalue weighted by Gasteiger charge is -2.60. The summed E-state index contributed by atoms with van der Waals surface area (Å²) < 4.78 is 10.6. The molecule has 1 unspecified atom stereocenters. The minimum absolute atomic E-state index is 0.0574. The lowest BCUT2D eigenvalue weighted by Crippen LogP contribution is -3.18. The first kappa shape index (κ1) is 19.8. The van der Waals surface area contributed by atoms with Crippen LogP contribution in [0, 0.1) is 5.41 Å². The Kier molecular flexibility index (Phi) is 4.11. The van der Waals surface area contributed by atoms with E-state index in [-0.39, 0.29) is 6.04 Å². The van der Waals surface area contributed by atoms with Crippen LogP contribution in [0.5, 0.6) is 5.75 Å². The molecular formula is C23H31N2O5+. The Morgan fingerprint density at radius 3 is 2.80 bits per heavy atom. The molecule has 0 radical (unpaired) electrons. The standard InChI is InChI=1S/C23H30N2O5/c1-5-21-9-6-11-25-12-10-22(17(21)25)15-8-7-14(29-3)13-16(15)24(2)18(22)23(28,19(21)26)20(27)30-4/h6-9,13,17-19,26,28H,5,10-12H2,1-4H3/p+1/t17-,18+,19+,21+,22-,23-/m0/s1. The van der Waals surface area contributed by atoms with Crippen LogP contribution in [0.4, 0.5) is 5.69 Å². The molecule has 0 bridgehead atoms. The van der Waals surface area contributed by atoms with Crippen molar-refractivity contribution in [3.8, 4) is 5.75 Å². The van der Waals surface area contributed by atoms with E-state index in [0.29, 0.717) is 6.42 Å². The number of hydrogen-bond donors (Lipinski definition) is 3. The van der Waals surface area contributed by atoms with Crippen molar-refractivity contribution in [1.29, 1.82) is 0 Å². The van der Waals surface area contributed by atoms with Crippen LogP contribution in [0.1, 0.15) is 25.3 Å². The van der Waals surface area contributed by atoms with Crippen molar-refractivity contribution in [2.45, 2.75) is 49.0 Å². The van der Waals surface area contributed by atoms with Crippen LogP contribution in [0.25, 0.3) is 0 Å². The topological polar surface area (TPSA) is 83.7 Å². The number of aliphatic hydroxyl groups excluding tert-OH is 1. The highest BCUT2D eigenvalue weighted by Gasteiger charge is 2.81. The molecule has 3 heterocycles. The summed E-state index contributed by atoms with van der Waals surface area (Å²) in [7, 11) is 4.80. The van der Waals surface area contributed by atoms with Crippen molar-refractivity contribution in [1.82, 2.24) is 0 Å². The third kappa shape index (κ3) is 1.95. The molecule has 7 atom stereocenters. The van der Waals surface area contributed by atoms with E-state index in [1.807, 2.05) is 31.0 Å². The first-order valence-corrected chi connectivity index (χ1v) is 10.8. The molecule has 7 nitrogen and oxygen atoms in total. The van der Waals surface area contributed by atoms with Gasteiger partial charge in [0.2, 0.25) is 5.60 Å². The highest BCUT2D eigenvalue weighted by Crippen LogP contribution is 2.63. The predicted molar refractivity (Wildman–Crippen MR) is 111 cm³/mol. The molecule has 30 heavy (non-hydrogen) atoms. The third-order valence-electron chi connectivity index (χ3n) is 8.56. The lowest BCUT2D eigenvalue weighted by atomic mass is 9.48. The first-order chi connectivity index (χ1) is 14.3. The Balaban J connectivity index is 1.85. The highest BCUT2D eigenvalue weighted by atomic mass is 16.5. The predicted octanol–water partition coefficient (Wildman–Crippen LogP) is -0.347. The Hall–Kier alpha value is -2.09. The molecule has 7 heteroatoms. The zero-order chi connectivity index (χ0) is 21.5. The lowest BCUT2D eigenvalue weighted by molar-refractivity contribution is -0.920. The summed E-state index contributed by atoms with van der Waals surface area (Å²) in [6.45, 7) is 3.85. The van der Waals surface area contributed by atoms with Crippen molar-refractivity contribution < 1.29 is 29.4 Å². The molecule has 0 amide bonds. The smallest absolute Gasteiger partial charge is 0.342 e. The van der Waals surface area contributed by atoms with Gasteiger partial charge in [-0.05, 0) is 24.1 Å². The highest BCUT2D eigenvalue weighted by molar-refractivity contribution is 5.86. The Labute approximate surface area is 176 Å². The summed E-state index contributed by atoms with van der Waals surface area (Å²) in [5, 5.41) is 23.8. The molecule has 3 N–H and O–H groups in total. The van der Waals surface area contributed by atoms with Crippen LogP contribution >= 0.6 is 0 Å². The minimum Gasteiger partial charge on any atom is -0.497 e. The van der Waals surface area contributed by atoms with Gasteiger partial charge in [-0.2, -0.15) is 0 Å². The average molecular weight is 416 g/mol. The van der Waals surface area contributed by atoms with E-state index in [2.05, 4.69) is 18.2 Å². The van der Waals surface area contributed by atoms with Gasteiger partial charge in [-0.25, -0.2) is 4.79 Å². The number of nitrogens with zero attached hydrogens (tertiary/aromatic N) is 1. The second kappa shape index (κ2) is 6.22. The normalized spacial score (nSPS) is 43.1. The van der Waals surface area contributed by atoms with Gasteiger partial charge in [0, 0.05) is 25.2 Å². The number of quaternary nitrogens is 1. The van der Waals surface area contributed by atoms with Crippen molar-refractivity contribution in [2.24, 2.45) is 5.41 Å². The summed E-state index contributed by atoms with van der Waals surface area (Å²) in [6, 6.07) is 5.44. The molecule has 1 aromatic rings. The van der Waals surface area contributed by atoms with E-state index in [9.17, 15) is 15.0 Å². The number of ether oxygens (including phenoxy) is 2. The molecule has 2 fully saturated rings. The van der Waals surface area contributed by atoms with Crippen LogP contribution in [0.2, 0.25) is 0 Å². The maximum absolute atomic E-state index is 13.2. The number of likely N-dealkylation sites (N-methyl/N-ethyl adjacent to an activating group) is 1. The second-order valence-electron chi connectivity index (χ2n) is 9.32. The van der Waals surface area contributed by atoms with Crippen LogP contribution in [0.3, 0.4) is 0 Å². The van der Waals surface area contributed by atoms with E-state index >= 15 is 0 Å². The molecule has 162 valence electrons. The number of aliphatic hydroxyl groups is 2. The summed E-state index contributed by atoms with van der Waals surface area (Å²) in [6.07, 6.45) is 4.35. The van der Waals surface area contributed by atoms with E-state index in [1.54, 1.807) is 7.11 Å². The number of hydrogen-bond acceptors (Lipinski definition) is 6. The summed E-state index contributed by atoms with van der Waals surface area (Å²) in [4.78, 5) is 16.5. The van der Waals surface area contributed by atoms with Crippen LogP contribution in [0.15, 0.2) is 30.4 Å². The SMILES string of the molecule is CC[C@]12C=CC[NH+]3CC[C@]4(c5ccc(OC)cc5N(C)[C@H]4[C@@](O)(C(=O)OC)[C@@H]1O)[C@@H]32. The molecule has 1 spiro atoms. The zero-order valence-electron chi connectivity index (χ0n) is 18.0. The number of rotatable bonds is 3. The van der Waals surface area contributed by atoms with Crippen LogP contribution in [-0.4, -0.2) is 74.3 Å². The molecule has 4 aliphatic rings. The van der Waals surface area contributed by atoms with Gasteiger partial charge in [0.05, 0.1) is 44.2 Å². The molecule has 1 aromatic carbocycles. The molecule has 0 aromatic heterocycles. The van der Waals surface area contributed by atoms with Gasteiger partial charge < -0.3 is 29.5 Å². The summed E-state index contributed by atoms with van der Waals surface area (Å²) >= 11 is 0. The number of fused-ring (bicyclic) bond motifs is 1. The van der Waals surface area contributed by atoms with E-state index < -0.39 is 34.5 Å². The van der Waals surface area contributed by atoms with Crippen LogP contribution in [-0.2, 0) is 14.9 Å². The largest absolute Gasteiger partial charge is 0.497 e. The van der Waals surface area contributed by atoms with Gasteiger partial charge in [-0.3, -0.25) is 0 Å². The van der Waals surface area contributed by atoms with E-state index in [0.717, 1.165) is 36.5 Å². The van der Waals surface area contributed by atoms with Gasteiger partial charge >= 0.3 is 5.97 Å². The van der Waals surface area contributed by atoms with Crippen LogP contribution < -0.4 is 14.5 Å². The van der Waals surface area contributed by atoms with Crippen molar-refractivity contribution >= 4 is 11.7 Å². The summed E-state index contributed by atoms with van der Waals surface area (Å²) in [5.74, 6) is -0.0463. The number of benzene rings is 1. The molecule has 3 aliphatic heterocycles. The number of esters is 1. The number of carbonyl (C=O) groups excluding carboxylic acids is 1. The van der Waals surface area contributed by atoms with Gasteiger partial charge in [0.1, 0.15) is 17.9 Å². The minimum atomic E-state index is -2.06. The zero-order valence-corrected chi connectivity index (χ0v) is 18.0. The van der Waals surface area contributed by atoms with Gasteiger partial charge in [0.25, 0.3) is 0 Å². The number of methoxy groups -OCH3 is 2. The van der Waals surface area contributed by atoms with Crippen molar-refractivity contribution in [3.05, 3.63) is 35.9 Å². The molecule has 1 saturated carbocycles. The van der Waals surface area contributed by atoms with E-state index in [4.69, 9.17) is 9.47 Å². The van der Waals surface area contributed by atoms with Gasteiger partial charge in [-0.1, -0.05) is 19.1 Å². The van der Waals surface area contributed by atoms with Gasteiger partial charge in [0.15, 0.2) is 0 Å². The molecule has 1 saturated heterocycles. The Bertz CT molecular complexity index is 934. The molecule has 5 rings (SSSR count). The van der Waals surface area contributed by atoms with Crippen molar-refractivity contribution in [2.75, 3.05) is 39.3 Å². The Morgan fingerprint density at radius 2 is 2.13 bits per heavy atom. The number of carbonyl (C=O) groups is 1. The molecule has 1 aliphatic carbocycles. The molecular weight excluding hydrogens is 384 g/mol. The fourth-order valence-electron chi connectivity index (χ4n) is 7.56. The first-order valence-electron chi connectivity index (χ1n) is 10.8. The van der Waals surface area contributed by atoms with Crippen molar-refractivity contribution in [3.63, 3.8) is 0 Å². The quantitative estimate of drug-likeness (QED) is 0.463. The maximum Gasteiger partial charge on any atom is 0.342 e. The third-order valence-corrected chi connectivity index (χ3v) is 8.56. The fraction of sp³-hybridized carbons (Fsp3) is 0.609. The second-order valence-corrected chi connectivity index (χ2v) is 9.32. The summed E-state index contributed by atoms with van der Waals surface area (Å²) in [5.41, 5.74) is -1.19. The fourth-order valence-corrected chi connectivity index (χ4v) is 7.56. The average Bonchev–Trinajstić information content (AvgIpc) is 3.28. The number of nitrogens with one attached hydrogen (secondary N) is 1. The monoisotopic (exact) mass is 415 g/mol. The van der Waals surface area contributed by atoms with E-state index in [1.165, 1.54) is 12.0 Å². The number of anilines is 1. The van der Waals surface area contributed by atoms with Gasteiger partial charge in [-0.15, -0.1) is 0 Å². The Morgan fingerprint density at radius 1 is 1.37 bits per heavy atom.